The van der Waals surface area contributed by atoms with Crippen molar-refractivity contribution in [2.45, 2.75) is 0 Å². The normalized spacial score (nSPS) is 9.72. The molecule has 1 amide bonds. The lowest BCUT2D eigenvalue weighted by atomic mass is 10.3. The van der Waals surface area contributed by atoms with E-state index in [2.05, 4.69) is 5.32 Å². The number of hydrogen-bond acceptors (Lipinski definition) is 4. The zero-order chi connectivity index (χ0) is 13.4. The number of hydrogen-bond donors (Lipinski definition) is 2. The highest BCUT2D eigenvalue weighted by Gasteiger charge is 2.00. The van der Waals surface area contributed by atoms with Crippen molar-refractivity contribution in [3.8, 4) is 11.8 Å². The van der Waals surface area contributed by atoms with Gasteiger partial charge in [0.2, 0.25) is 5.91 Å². The molecule has 92 valence electrons. The molecule has 2 N–H and O–H groups in total. The van der Waals surface area contributed by atoms with E-state index in [0.29, 0.717) is 11.4 Å². The third kappa shape index (κ3) is 4.81. The molecule has 0 aliphatic carbocycles. The first-order valence-corrected chi connectivity index (χ1v) is 4.93. The first-order chi connectivity index (χ1) is 8.61. The highest BCUT2D eigenvalue weighted by Crippen LogP contribution is 2.17. The number of nitrogens with one attached hydrogen (secondary N) is 1. The molecular weight excluding hydrogens is 236 g/mol. The van der Waals surface area contributed by atoms with Gasteiger partial charge in [0, 0.05) is 23.9 Å². The second-order valence-corrected chi connectivity index (χ2v) is 3.14. The zero-order valence-electron chi connectivity index (χ0n) is 9.29. The third-order valence-electron chi connectivity index (χ3n) is 1.78. The molecule has 0 aliphatic rings. The van der Waals surface area contributed by atoms with E-state index in [0.717, 1.165) is 12.2 Å². The number of amides is 1. The third-order valence-corrected chi connectivity index (χ3v) is 1.78. The summed E-state index contributed by atoms with van der Waals surface area (Å²) in [7, 11) is 0. The molecule has 0 fully saturated rings. The van der Waals surface area contributed by atoms with Gasteiger partial charge >= 0.3 is 5.97 Å². The standard InChI is InChI=1S/C12H10N2O4/c13-6-7-18-10-3-1-2-9(8-10)14-11(15)4-5-12(16)17/h1-5,8H,7H2,(H,14,15)(H,16,17)/b5-4+. The molecule has 0 spiro atoms. The van der Waals surface area contributed by atoms with Crippen LogP contribution >= 0.6 is 0 Å². The quantitative estimate of drug-likeness (QED) is 0.759. The number of carboxylic acids is 1. The molecule has 0 bridgehead atoms. The fourth-order valence-electron chi connectivity index (χ4n) is 1.11. The van der Waals surface area contributed by atoms with Crippen molar-refractivity contribution in [2.75, 3.05) is 11.9 Å². The monoisotopic (exact) mass is 246 g/mol. The number of benzene rings is 1. The van der Waals surface area contributed by atoms with Gasteiger partial charge < -0.3 is 15.2 Å². The molecule has 0 heterocycles. The Balaban J connectivity index is 2.64. The fraction of sp³-hybridized carbons (Fsp3) is 0.0833. The van der Waals surface area contributed by atoms with Crippen LogP contribution in [0.5, 0.6) is 5.75 Å². The molecule has 1 aromatic carbocycles. The average Bonchev–Trinajstić information content (AvgIpc) is 2.34. The predicted octanol–water partition coefficient (Wildman–Crippen LogP) is 1.17. The number of aliphatic carboxylic acids is 1. The van der Waals surface area contributed by atoms with Gasteiger partial charge in [-0.05, 0) is 12.1 Å². The Morgan fingerprint density at radius 3 is 2.89 bits per heavy atom. The van der Waals surface area contributed by atoms with Crippen molar-refractivity contribution >= 4 is 17.6 Å². The van der Waals surface area contributed by atoms with Crippen molar-refractivity contribution in [1.82, 2.24) is 0 Å². The molecule has 0 radical (unpaired) electrons. The minimum atomic E-state index is -1.20. The van der Waals surface area contributed by atoms with Crippen LogP contribution in [-0.4, -0.2) is 23.6 Å². The van der Waals surface area contributed by atoms with Crippen molar-refractivity contribution in [3.63, 3.8) is 0 Å². The number of carboxylic acid groups (broad SMARTS) is 1. The number of carbonyl (C=O) groups excluding carboxylic acids is 1. The van der Waals surface area contributed by atoms with E-state index in [1.54, 1.807) is 18.2 Å². The van der Waals surface area contributed by atoms with Gasteiger partial charge in [-0.1, -0.05) is 6.07 Å². The molecule has 0 saturated heterocycles. The summed E-state index contributed by atoms with van der Waals surface area (Å²) in [5.74, 6) is -1.32. The van der Waals surface area contributed by atoms with Crippen molar-refractivity contribution in [2.24, 2.45) is 0 Å². The lowest BCUT2D eigenvalue weighted by Gasteiger charge is -2.05. The summed E-state index contributed by atoms with van der Waals surface area (Å²) in [6, 6.07) is 8.25. The molecule has 0 saturated carbocycles. The second-order valence-electron chi connectivity index (χ2n) is 3.14. The van der Waals surface area contributed by atoms with Crippen LogP contribution in [0.25, 0.3) is 0 Å². The molecule has 1 rings (SSSR count). The summed E-state index contributed by atoms with van der Waals surface area (Å²) in [6.45, 7) is -0.0870. The Bertz CT molecular complexity index is 517. The maximum absolute atomic E-state index is 11.3. The molecule has 18 heavy (non-hydrogen) atoms. The fourth-order valence-corrected chi connectivity index (χ4v) is 1.11. The summed E-state index contributed by atoms with van der Waals surface area (Å²) < 4.78 is 5.05. The van der Waals surface area contributed by atoms with Crippen LogP contribution in [0, 0.1) is 11.3 Å². The van der Waals surface area contributed by atoms with Crippen LogP contribution in [0.15, 0.2) is 36.4 Å². The summed E-state index contributed by atoms with van der Waals surface area (Å²) in [6.07, 6.45) is 1.65. The first-order valence-electron chi connectivity index (χ1n) is 4.93. The van der Waals surface area contributed by atoms with E-state index in [-0.39, 0.29) is 6.61 Å². The summed E-state index contributed by atoms with van der Waals surface area (Å²) in [5, 5.41) is 19.2. The molecule has 0 unspecified atom stereocenters. The van der Waals surface area contributed by atoms with E-state index >= 15 is 0 Å². The van der Waals surface area contributed by atoms with Crippen LogP contribution in [0.2, 0.25) is 0 Å². The van der Waals surface area contributed by atoms with Gasteiger partial charge in [0.25, 0.3) is 0 Å². The largest absolute Gasteiger partial charge is 0.479 e. The van der Waals surface area contributed by atoms with E-state index in [4.69, 9.17) is 15.1 Å². The summed E-state index contributed by atoms with van der Waals surface area (Å²) in [5.41, 5.74) is 0.450. The van der Waals surface area contributed by atoms with Gasteiger partial charge in [-0.3, -0.25) is 4.79 Å². The van der Waals surface area contributed by atoms with Gasteiger partial charge in [0.1, 0.15) is 11.8 Å². The summed E-state index contributed by atoms with van der Waals surface area (Å²) >= 11 is 0. The van der Waals surface area contributed by atoms with E-state index in [9.17, 15) is 9.59 Å². The SMILES string of the molecule is N#CCOc1cccc(NC(=O)/C=C/C(=O)O)c1. The topological polar surface area (TPSA) is 99.4 Å². The molecule has 6 nitrogen and oxygen atoms in total. The number of rotatable bonds is 5. The molecule has 1 aromatic rings. The van der Waals surface area contributed by atoms with Gasteiger partial charge in [0.05, 0.1) is 0 Å². The molecule has 0 aromatic heterocycles. The Kier molecular flexibility index (Phi) is 4.94. The van der Waals surface area contributed by atoms with Gasteiger partial charge in [0.15, 0.2) is 6.61 Å². The smallest absolute Gasteiger partial charge is 0.328 e. The van der Waals surface area contributed by atoms with Gasteiger partial charge in [-0.15, -0.1) is 0 Å². The number of anilines is 1. The number of ether oxygens (including phenoxy) is 1. The van der Waals surface area contributed by atoms with E-state index in [1.165, 1.54) is 6.07 Å². The van der Waals surface area contributed by atoms with Crippen LogP contribution in [-0.2, 0) is 9.59 Å². The number of nitrogens with zero attached hydrogens (tertiary/aromatic N) is 1. The highest BCUT2D eigenvalue weighted by molar-refractivity contribution is 6.02. The second kappa shape index (κ2) is 6.70. The van der Waals surface area contributed by atoms with Crippen LogP contribution < -0.4 is 10.1 Å². The minimum Gasteiger partial charge on any atom is -0.479 e. The van der Waals surface area contributed by atoms with Crippen LogP contribution in [0.3, 0.4) is 0 Å². The predicted molar refractivity (Wildman–Crippen MR) is 63.0 cm³/mol. The Morgan fingerprint density at radius 2 is 2.22 bits per heavy atom. The molecule has 0 aliphatic heterocycles. The van der Waals surface area contributed by atoms with Crippen molar-refractivity contribution in [3.05, 3.63) is 36.4 Å². The Labute approximate surface area is 103 Å². The lowest BCUT2D eigenvalue weighted by molar-refractivity contribution is -0.131. The first kappa shape index (κ1) is 13.3. The average molecular weight is 246 g/mol. The maximum Gasteiger partial charge on any atom is 0.328 e. The van der Waals surface area contributed by atoms with Crippen LogP contribution in [0.1, 0.15) is 0 Å². The van der Waals surface area contributed by atoms with Crippen molar-refractivity contribution < 1.29 is 19.4 Å². The number of carbonyl (C=O) groups is 2. The minimum absolute atomic E-state index is 0.0870. The zero-order valence-corrected chi connectivity index (χ0v) is 9.29. The molecular formula is C12H10N2O4. The molecule has 0 atom stereocenters. The van der Waals surface area contributed by atoms with Gasteiger partial charge in [-0.2, -0.15) is 5.26 Å². The van der Waals surface area contributed by atoms with E-state index < -0.39 is 11.9 Å². The highest BCUT2D eigenvalue weighted by atomic mass is 16.5. The Morgan fingerprint density at radius 1 is 1.44 bits per heavy atom. The Hall–Kier alpha value is -2.81. The maximum atomic E-state index is 11.3. The lowest BCUT2D eigenvalue weighted by Crippen LogP contribution is -2.08. The molecule has 6 heteroatoms. The summed E-state index contributed by atoms with van der Waals surface area (Å²) in [4.78, 5) is 21.5. The van der Waals surface area contributed by atoms with Crippen molar-refractivity contribution in [1.29, 1.82) is 5.26 Å². The van der Waals surface area contributed by atoms with Crippen LogP contribution in [0.4, 0.5) is 5.69 Å². The van der Waals surface area contributed by atoms with E-state index in [1.807, 2.05) is 6.07 Å². The van der Waals surface area contributed by atoms with Gasteiger partial charge in [-0.25, -0.2) is 4.79 Å². The number of nitriles is 1.